The number of halogens is 2. The summed E-state index contributed by atoms with van der Waals surface area (Å²) < 4.78 is 16.4. The number of pyridine rings is 1. The van der Waals surface area contributed by atoms with Crippen LogP contribution in [-0.2, 0) is 17.6 Å². The van der Waals surface area contributed by atoms with Crippen molar-refractivity contribution >= 4 is 39.9 Å². The first-order valence-electron chi connectivity index (χ1n) is 13.4. The van der Waals surface area contributed by atoms with E-state index >= 15 is 0 Å². The molecule has 1 saturated heterocycles. The van der Waals surface area contributed by atoms with Crippen LogP contribution in [0.25, 0.3) is 22.3 Å². The molecule has 0 unspecified atom stereocenters. The van der Waals surface area contributed by atoms with Gasteiger partial charge in [0.1, 0.15) is 11.6 Å². The first-order chi connectivity index (χ1) is 19.7. The number of aliphatic hydroxyl groups is 1. The molecule has 0 radical (unpaired) electrons. The van der Waals surface area contributed by atoms with Gasteiger partial charge < -0.3 is 14.9 Å². The number of aromatic nitrogens is 3. The molecule has 1 atom stereocenters. The summed E-state index contributed by atoms with van der Waals surface area (Å²) in [7, 11) is 0. The van der Waals surface area contributed by atoms with Crippen molar-refractivity contribution in [2.45, 2.75) is 39.7 Å². The molecule has 1 amide bonds. The molecule has 214 valence electrons. The number of para-hydroxylation sites is 1. The van der Waals surface area contributed by atoms with Gasteiger partial charge in [0.2, 0.25) is 5.91 Å². The normalized spacial score (nSPS) is 16.0. The fraction of sp³-hybridized carbons (Fsp3) is 0.290. The third kappa shape index (κ3) is 5.67. The summed E-state index contributed by atoms with van der Waals surface area (Å²) in [5.41, 5.74) is 2.24. The zero-order valence-corrected chi connectivity index (χ0v) is 24.2. The molecule has 1 aliphatic heterocycles. The van der Waals surface area contributed by atoms with E-state index in [-0.39, 0.29) is 33.9 Å². The molecule has 1 N–H and O–H groups in total. The maximum atomic E-state index is 14.9. The predicted molar refractivity (Wildman–Crippen MR) is 162 cm³/mol. The predicted octanol–water partition coefficient (Wildman–Crippen LogP) is 5.72. The number of aryl methyl sites for hydroxylation is 2. The van der Waals surface area contributed by atoms with Gasteiger partial charge >= 0.3 is 5.69 Å². The lowest BCUT2D eigenvalue weighted by atomic mass is 10.0. The van der Waals surface area contributed by atoms with Crippen LogP contribution >= 0.6 is 11.6 Å². The minimum atomic E-state index is -0.743. The van der Waals surface area contributed by atoms with Crippen molar-refractivity contribution in [3.63, 3.8) is 0 Å². The van der Waals surface area contributed by atoms with Crippen LogP contribution in [0.3, 0.4) is 0 Å². The Bertz CT molecular complexity index is 1620. The number of rotatable bonds is 8. The SMILES string of the molecule is C=CC(=O)N1CCN(c2nc(=O)n(-c3c(CC)cccc3CC)c3nc(C(=C)/C(F)=C\C=C/O)c(Cl)cc23)[C@@H](C)C1. The first kappa shape index (κ1) is 29.7. The molecule has 41 heavy (non-hydrogen) atoms. The van der Waals surface area contributed by atoms with E-state index in [0.29, 0.717) is 55.6 Å². The Morgan fingerprint density at radius 1 is 1.22 bits per heavy atom. The van der Waals surface area contributed by atoms with E-state index in [0.717, 1.165) is 23.3 Å². The summed E-state index contributed by atoms with van der Waals surface area (Å²) in [5, 5.41) is 9.59. The summed E-state index contributed by atoms with van der Waals surface area (Å²) >= 11 is 6.68. The van der Waals surface area contributed by atoms with Crippen LogP contribution in [0.15, 0.2) is 72.5 Å². The molecular weight excluding hydrogens is 545 g/mol. The fourth-order valence-corrected chi connectivity index (χ4v) is 5.45. The van der Waals surface area contributed by atoms with Crippen molar-refractivity contribution in [3.05, 3.63) is 100 Å². The van der Waals surface area contributed by atoms with Gasteiger partial charge in [-0.3, -0.25) is 4.79 Å². The molecule has 0 saturated carbocycles. The van der Waals surface area contributed by atoms with E-state index in [4.69, 9.17) is 21.7 Å². The van der Waals surface area contributed by atoms with Crippen molar-refractivity contribution < 1.29 is 14.3 Å². The Morgan fingerprint density at radius 3 is 2.49 bits per heavy atom. The Morgan fingerprint density at radius 2 is 1.90 bits per heavy atom. The summed E-state index contributed by atoms with van der Waals surface area (Å²) in [4.78, 5) is 39.1. The number of benzene rings is 1. The molecule has 3 heterocycles. The molecule has 0 aliphatic carbocycles. The van der Waals surface area contributed by atoms with Crippen LogP contribution in [0, 0.1) is 0 Å². The minimum absolute atomic E-state index is 0.0611. The number of nitrogens with zero attached hydrogens (tertiary/aromatic N) is 5. The smallest absolute Gasteiger partial charge is 0.355 e. The summed E-state index contributed by atoms with van der Waals surface area (Å²) in [6, 6.07) is 7.32. The zero-order chi connectivity index (χ0) is 29.8. The highest BCUT2D eigenvalue weighted by atomic mass is 35.5. The molecule has 2 aromatic heterocycles. The summed E-state index contributed by atoms with van der Waals surface area (Å²) in [6.07, 6.45) is 5.48. The first-order valence-corrected chi connectivity index (χ1v) is 13.8. The molecular formula is C31H33ClFN5O3. The molecule has 3 aromatic rings. The Hall–Kier alpha value is -4.24. The van der Waals surface area contributed by atoms with Crippen LogP contribution in [0.4, 0.5) is 10.2 Å². The van der Waals surface area contributed by atoms with Gasteiger partial charge in [0.25, 0.3) is 0 Å². The quantitative estimate of drug-likeness (QED) is 0.209. The monoisotopic (exact) mass is 577 g/mol. The van der Waals surface area contributed by atoms with Crippen LogP contribution in [-0.4, -0.2) is 56.1 Å². The third-order valence-electron chi connectivity index (χ3n) is 7.28. The second-order valence-electron chi connectivity index (χ2n) is 9.74. The van der Waals surface area contributed by atoms with Gasteiger partial charge in [0.15, 0.2) is 5.65 Å². The maximum absolute atomic E-state index is 14.9. The molecule has 1 aromatic carbocycles. The van der Waals surface area contributed by atoms with E-state index in [1.807, 2.05) is 43.9 Å². The lowest BCUT2D eigenvalue weighted by Crippen LogP contribution is -2.54. The lowest BCUT2D eigenvalue weighted by molar-refractivity contribution is -0.126. The van der Waals surface area contributed by atoms with Crippen LogP contribution in [0.1, 0.15) is 37.6 Å². The molecule has 10 heteroatoms. The van der Waals surface area contributed by atoms with Crippen molar-refractivity contribution in [1.82, 2.24) is 19.4 Å². The van der Waals surface area contributed by atoms with Gasteiger partial charge in [-0.2, -0.15) is 4.98 Å². The molecule has 0 spiro atoms. The Labute approximate surface area is 243 Å². The van der Waals surface area contributed by atoms with E-state index in [9.17, 15) is 14.0 Å². The van der Waals surface area contributed by atoms with E-state index in [1.54, 1.807) is 11.0 Å². The number of amides is 1. The van der Waals surface area contributed by atoms with Crippen molar-refractivity contribution in [2.75, 3.05) is 24.5 Å². The highest BCUT2D eigenvalue weighted by molar-refractivity contribution is 6.33. The Balaban J connectivity index is 2.03. The average Bonchev–Trinajstić information content (AvgIpc) is 2.98. The number of aliphatic hydroxyl groups excluding tert-OH is 1. The van der Waals surface area contributed by atoms with Gasteiger partial charge in [0, 0.05) is 31.2 Å². The highest BCUT2D eigenvalue weighted by Crippen LogP contribution is 2.35. The number of carbonyl (C=O) groups excluding carboxylic acids is 1. The topological polar surface area (TPSA) is 91.6 Å². The number of piperazine rings is 1. The molecule has 8 nitrogen and oxygen atoms in total. The standard InChI is InChI=1S/C31H33ClFN5O3/c1-6-21-11-9-12-22(7-2)28(21)38-30-23(17-24(32)27(34-30)20(5)25(33)13-10-16-39)29(35-31(38)41)37-15-14-36(18-19(37)4)26(40)8-3/h8-13,16-17,19,39H,3,5-7,14-15,18H2,1-2,4H3/b16-10-,25-13+/t19-/m0/s1. The van der Waals surface area contributed by atoms with E-state index in [2.05, 4.69) is 18.1 Å². The zero-order valence-electron chi connectivity index (χ0n) is 23.4. The number of fused-ring (bicyclic) bond motifs is 1. The molecule has 1 fully saturated rings. The number of hydrogen-bond acceptors (Lipinski definition) is 6. The molecule has 0 bridgehead atoms. The maximum Gasteiger partial charge on any atom is 0.355 e. The van der Waals surface area contributed by atoms with Crippen molar-refractivity contribution in [1.29, 1.82) is 0 Å². The lowest BCUT2D eigenvalue weighted by Gasteiger charge is -2.40. The van der Waals surface area contributed by atoms with E-state index < -0.39 is 11.5 Å². The number of hydrogen-bond donors (Lipinski definition) is 1. The Kier molecular flexibility index (Phi) is 9.08. The van der Waals surface area contributed by atoms with E-state index in [1.165, 1.54) is 10.6 Å². The molecule has 1 aliphatic rings. The fourth-order valence-electron chi connectivity index (χ4n) is 5.18. The summed E-state index contributed by atoms with van der Waals surface area (Å²) in [6.45, 7) is 14.6. The van der Waals surface area contributed by atoms with Crippen LogP contribution < -0.4 is 10.6 Å². The van der Waals surface area contributed by atoms with Crippen molar-refractivity contribution in [3.8, 4) is 5.69 Å². The van der Waals surface area contributed by atoms with Gasteiger partial charge in [-0.25, -0.2) is 18.7 Å². The minimum Gasteiger partial charge on any atom is -0.516 e. The van der Waals surface area contributed by atoms with Crippen LogP contribution in [0.5, 0.6) is 0 Å². The second kappa shape index (κ2) is 12.5. The largest absolute Gasteiger partial charge is 0.516 e. The van der Waals surface area contributed by atoms with Gasteiger partial charge in [0.05, 0.1) is 28.1 Å². The van der Waals surface area contributed by atoms with Gasteiger partial charge in [-0.1, -0.05) is 56.8 Å². The second-order valence-corrected chi connectivity index (χ2v) is 10.1. The number of anilines is 1. The summed E-state index contributed by atoms with van der Waals surface area (Å²) in [5.74, 6) is -0.517. The van der Waals surface area contributed by atoms with Gasteiger partial charge in [-0.05, 0) is 55.2 Å². The molecule has 4 rings (SSSR count). The number of carbonyl (C=O) groups is 1. The average molecular weight is 578 g/mol. The third-order valence-corrected chi connectivity index (χ3v) is 7.57. The van der Waals surface area contributed by atoms with Gasteiger partial charge in [-0.15, -0.1) is 0 Å². The van der Waals surface area contributed by atoms with Crippen molar-refractivity contribution in [2.24, 2.45) is 0 Å². The number of allylic oxidation sites excluding steroid dienone is 4. The van der Waals surface area contributed by atoms with Crippen LogP contribution in [0.2, 0.25) is 5.02 Å². The highest BCUT2D eigenvalue weighted by Gasteiger charge is 2.30.